The third kappa shape index (κ3) is 2.44. The summed E-state index contributed by atoms with van der Waals surface area (Å²) in [5, 5.41) is 4.27. The van der Waals surface area contributed by atoms with Gasteiger partial charge in [0.2, 0.25) is 0 Å². The van der Waals surface area contributed by atoms with E-state index in [0.717, 1.165) is 22.9 Å². The van der Waals surface area contributed by atoms with Crippen LogP contribution < -0.4 is 10.1 Å². The molecular formula is C12H16ClNO. The topological polar surface area (TPSA) is 21.3 Å². The van der Waals surface area contributed by atoms with E-state index >= 15 is 0 Å². The number of ether oxygens (including phenoxy) is 1. The van der Waals surface area contributed by atoms with Gasteiger partial charge < -0.3 is 10.1 Å². The second-order valence-corrected chi connectivity index (χ2v) is 4.74. The molecule has 0 heterocycles. The highest BCUT2D eigenvalue weighted by atomic mass is 35.5. The van der Waals surface area contributed by atoms with Crippen LogP contribution in [0.15, 0.2) is 18.2 Å². The highest BCUT2D eigenvalue weighted by Crippen LogP contribution is 2.35. The monoisotopic (exact) mass is 225 g/mol. The molecule has 1 aromatic carbocycles. The fourth-order valence-corrected chi connectivity index (χ4v) is 1.80. The van der Waals surface area contributed by atoms with E-state index in [1.807, 2.05) is 18.2 Å². The highest BCUT2D eigenvalue weighted by Gasteiger charge is 2.36. The summed E-state index contributed by atoms with van der Waals surface area (Å²) >= 11 is 6.14. The lowest BCUT2D eigenvalue weighted by molar-refractivity contribution is 0.405. The van der Waals surface area contributed by atoms with Gasteiger partial charge in [0.25, 0.3) is 0 Å². The molecule has 1 saturated carbocycles. The highest BCUT2D eigenvalue weighted by molar-refractivity contribution is 6.31. The minimum absolute atomic E-state index is 0.324. The zero-order valence-electron chi connectivity index (χ0n) is 9.14. The van der Waals surface area contributed by atoms with Gasteiger partial charge in [-0.05, 0) is 31.9 Å². The van der Waals surface area contributed by atoms with Crippen molar-refractivity contribution in [1.29, 1.82) is 0 Å². The van der Waals surface area contributed by atoms with Gasteiger partial charge in [0, 0.05) is 22.7 Å². The molecule has 0 atom stereocenters. The quantitative estimate of drug-likeness (QED) is 0.851. The Morgan fingerprint density at radius 1 is 1.47 bits per heavy atom. The van der Waals surface area contributed by atoms with Crippen molar-refractivity contribution in [2.24, 2.45) is 0 Å². The van der Waals surface area contributed by atoms with Crippen molar-refractivity contribution in [2.75, 3.05) is 7.11 Å². The standard InChI is InChI=1S/C12H16ClNO/c1-12(6-7-12)14-8-9-10(13)4-3-5-11(9)15-2/h3-5,14H,6-8H2,1-2H3. The van der Waals surface area contributed by atoms with Crippen LogP contribution in [0, 0.1) is 0 Å². The van der Waals surface area contributed by atoms with Crippen LogP contribution in [0.1, 0.15) is 25.3 Å². The first-order valence-electron chi connectivity index (χ1n) is 5.21. The Hall–Kier alpha value is -0.730. The summed E-state index contributed by atoms with van der Waals surface area (Å²) in [4.78, 5) is 0. The van der Waals surface area contributed by atoms with Crippen molar-refractivity contribution in [3.05, 3.63) is 28.8 Å². The Labute approximate surface area is 95.6 Å². The Morgan fingerprint density at radius 3 is 2.80 bits per heavy atom. The fraction of sp³-hybridized carbons (Fsp3) is 0.500. The average molecular weight is 226 g/mol. The smallest absolute Gasteiger partial charge is 0.124 e. The number of benzene rings is 1. The molecule has 2 nitrogen and oxygen atoms in total. The van der Waals surface area contributed by atoms with Gasteiger partial charge in [-0.15, -0.1) is 0 Å². The lowest BCUT2D eigenvalue weighted by Crippen LogP contribution is -2.27. The predicted octanol–water partition coefficient (Wildman–Crippen LogP) is 2.99. The van der Waals surface area contributed by atoms with E-state index in [2.05, 4.69) is 12.2 Å². The lowest BCUT2D eigenvalue weighted by Gasteiger charge is -2.14. The van der Waals surface area contributed by atoms with Crippen LogP contribution in [0.25, 0.3) is 0 Å². The van der Waals surface area contributed by atoms with Gasteiger partial charge in [-0.2, -0.15) is 0 Å². The summed E-state index contributed by atoms with van der Waals surface area (Å²) in [6.45, 7) is 3.01. The second-order valence-electron chi connectivity index (χ2n) is 4.33. The molecule has 3 heteroatoms. The van der Waals surface area contributed by atoms with Gasteiger partial charge in [-0.1, -0.05) is 17.7 Å². The molecule has 2 rings (SSSR count). The van der Waals surface area contributed by atoms with Crippen LogP contribution in [0.4, 0.5) is 0 Å². The molecule has 0 unspecified atom stereocenters. The first-order chi connectivity index (χ1) is 7.14. The number of hydrogen-bond acceptors (Lipinski definition) is 2. The molecule has 1 fully saturated rings. The van der Waals surface area contributed by atoms with E-state index in [-0.39, 0.29) is 0 Å². The molecule has 1 N–H and O–H groups in total. The summed E-state index contributed by atoms with van der Waals surface area (Å²) in [6.07, 6.45) is 2.50. The molecule has 1 aliphatic carbocycles. The molecule has 0 bridgehead atoms. The van der Waals surface area contributed by atoms with Crippen molar-refractivity contribution in [1.82, 2.24) is 5.32 Å². The van der Waals surface area contributed by atoms with Crippen molar-refractivity contribution in [3.8, 4) is 5.75 Å². The Morgan fingerprint density at radius 2 is 2.20 bits per heavy atom. The van der Waals surface area contributed by atoms with Crippen molar-refractivity contribution in [3.63, 3.8) is 0 Å². The summed E-state index contributed by atoms with van der Waals surface area (Å²) in [5.74, 6) is 0.860. The maximum absolute atomic E-state index is 6.14. The van der Waals surface area contributed by atoms with Crippen molar-refractivity contribution >= 4 is 11.6 Å². The maximum atomic E-state index is 6.14. The minimum Gasteiger partial charge on any atom is -0.496 e. The molecule has 0 aliphatic heterocycles. The van der Waals surface area contributed by atoms with Gasteiger partial charge >= 0.3 is 0 Å². The number of nitrogens with one attached hydrogen (secondary N) is 1. The molecular weight excluding hydrogens is 210 g/mol. The first-order valence-corrected chi connectivity index (χ1v) is 5.59. The molecule has 0 saturated heterocycles. The van der Waals surface area contributed by atoms with E-state index < -0.39 is 0 Å². The van der Waals surface area contributed by atoms with Crippen LogP contribution in [-0.2, 0) is 6.54 Å². The van der Waals surface area contributed by atoms with E-state index in [1.165, 1.54) is 12.8 Å². The van der Waals surface area contributed by atoms with Crippen LogP contribution in [0.3, 0.4) is 0 Å². The Balaban J connectivity index is 2.11. The molecule has 82 valence electrons. The third-order valence-corrected chi connectivity index (χ3v) is 3.34. The molecule has 0 spiro atoms. The molecule has 1 aliphatic rings. The predicted molar refractivity (Wildman–Crippen MR) is 62.5 cm³/mol. The van der Waals surface area contributed by atoms with E-state index in [0.29, 0.717) is 5.54 Å². The third-order valence-electron chi connectivity index (χ3n) is 2.99. The van der Waals surface area contributed by atoms with Gasteiger partial charge in [0.05, 0.1) is 7.11 Å². The van der Waals surface area contributed by atoms with E-state index in [9.17, 15) is 0 Å². The van der Waals surface area contributed by atoms with E-state index in [4.69, 9.17) is 16.3 Å². The minimum atomic E-state index is 0.324. The van der Waals surface area contributed by atoms with Gasteiger partial charge in [-0.25, -0.2) is 0 Å². The molecule has 1 aromatic rings. The van der Waals surface area contributed by atoms with Crippen LogP contribution >= 0.6 is 11.6 Å². The van der Waals surface area contributed by atoms with Crippen LogP contribution in [-0.4, -0.2) is 12.6 Å². The van der Waals surface area contributed by atoms with Crippen LogP contribution in [0.5, 0.6) is 5.75 Å². The van der Waals surface area contributed by atoms with Crippen molar-refractivity contribution < 1.29 is 4.74 Å². The summed E-state index contributed by atoms with van der Waals surface area (Å²) in [7, 11) is 1.67. The SMILES string of the molecule is COc1cccc(Cl)c1CNC1(C)CC1. The number of methoxy groups -OCH3 is 1. The van der Waals surface area contributed by atoms with Gasteiger partial charge in [0.1, 0.15) is 5.75 Å². The number of rotatable bonds is 4. The summed E-state index contributed by atoms with van der Waals surface area (Å²) in [5.41, 5.74) is 1.37. The zero-order valence-corrected chi connectivity index (χ0v) is 9.90. The zero-order chi connectivity index (χ0) is 10.9. The summed E-state index contributed by atoms with van der Waals surface area (Å²) < 4.78 is 5.29. The first kappa shape index (κ1) is 10.8. The van der Waals surface area contributed by atoms with Crippen LogP contribution in [0.2, 0.25) is 5.02 Å². The molecule has 15 heavy (non-hydrogen) atoms. The maximum Gasteiger partial charge on any atom is 0.124 e. The molecule has 0 amide bonds. The second kappa shape index (κ2) is 4.03. The Bertz CT molecular complexity index is 361. The van der Waals surface area contributed by atoms with Crippen molar-refractivity contribution in [2.45, 2.75) is 31.8 Å². The van der Waals surface area contributed by atoms with Gasteiger partial charge in [0.15, 0.2) is 0 Å². The normalized spacial score (nSPS) is 17.5. The number of hydrogen-bond donors (Lipinski definition) is 1. The Kier molecular flexibility index (Phi) is 2.89. The van der Waals surface area contributed by atoms with Gasteiger partial charge in [-0.3, -0.25) is 0 Å². The fourth-order valence-electron chi connectivity index (χ4n) is 1.57. The number of halogens is 1. The summed E-state index contributed by atoms with van der Waals surface area (Å²) in [6, 6.07) is 5.75. The molecule has 0 aromatic heterocycles. The lowest BCUT2D eigenvalue weighted by atomic mass is 10.2. The largest absolute Gasteiger partial charge is 0.496 e. The molecule has 0 radical (unpaired) electrons. The average Bonchev–Trinajstić information content (AvgIpc) is 2.95. The van der Waals surface area contributed by atoms with E-state index in [1.54, 1.807) is 7.11 Å².